The summed E-state index contributed by atoms with van der Waals surface area (Å²) in [5, 5.41) is 1.34. The summed E-state index contributed by atoms with van der Waals surface area (Å²) in [6.07, 6.45) is 3.65. The fourth-order valence-corrected chi connectivity index (χ4v) is 3.61. The third-order valence-electron chi connectivity index (χ3n) is 3.06. The van der Waals surface area contributed by atoms with Crippen molar-refractivity contribution in [1.82, 2.24) is 4.31 Å². The lowest BCUT2D eigenvalue weighted by molar-refractivity contribution is 0.364. The molecule has 2 rings (SSSR count). The molecule has 104 valence electrons. The molecule has 0 aromatic heterocycles. The van der Waals surface area contributed by atoms with Crippen molar-refractivity contribution in [3.05, 3.63) is 41.3 Å². The van der Waals surface area contributed by atoms with E-state index < -0.39 is 10.0 Å². The van der Waals surface area contributed by atoms with Crippen LogP contribution in [0.3, 0.4) is 0 Å². The highest BCUT2D eigenvalue weighted by Crippen LogP contribution is 2.30. The summed E-state index contributed by atoms with van der Waals surface area (Å²) in [6, 6.07) is 9.73. The first-order valence-electron chi connectivity index (χ1n) is 6.74. The minimum atomic E-state index is -3.30. The van der Waals surface area contributed by atoms with Crippen molar-refractivity contribution in [3.8, 4) is 0 Å². The van der Waals surface area contributed by atoms with Gasteiger partial charge in [0.05, 0.1) is 0 Å². The van der Waals surface area contributed by atoms with Crippen LogP contribution in [0.1, 0.15) is 32.3 Å². The van der Waals surface area contributed by atoms with E-state index in [1.165, 1.54) is 5.41 Å². The standard InChI is InChI=1S/C15H21NO2S/c1-13(2)12-16(15-8-9-15)19(17,18)11-10-14-6-4-3-5-7-14/h3-7,10-11,13,15H,8-9,12H2,1-2H3/b11-10-. The summed E-state index contributed by atoms with van der Waals surface area (Å²) in [7, 11) is -3.30. The van der Waals surface area contributed by atoms with Crippen LogP contribution in [-0.2, 0) is 10.0 Å². The Morgan fingerprint density at radius 1 is 1.26 bits per heavy atom. The van der Waals surface area contributed by atoms with Crippen molar-refractivity contribution in [2.24, 2.45) is 5.92 Å². The molecule has 0 heterocycles. The summed E-state index contributed by atoms with van der Waals surface area (Å²) >= 11 is 0. The number of hydrogen-bond donors (Lipinski definition) is 0. The van der Waals surface area contributed by atoms with Gasteiger partial charge < -0.3 is 0 Å². The van der Waals surface area contributed by atoms with Gasteiger partial charge in [0.25, 0.3) is 0 Å². The molecule has 0 spiro atoms. The molecule has 0 atom stereocenters. The zero-order valence-corrected chi connectivity index (χ0v) is 12.3. The highest BCUT2D eigenvalue weighted by Gasteiger charge is 2.36. The van der Waals surface area contributed by atoms with Gasteiger partial charge in [-0.2, -0.15) is 4.31 Å². The predicted octanol–water partition coefficient (Wildman–Crippen LogP) is 3.11. The Bertz CT molecular complexity index is 531. The second-order valence-corrected chi connectivity index (χ2v) is 7.22. The van der Waals surface area contributed by atoms with Gasteiger partial charge in [-0.25, -0.2) is 8.42 Å². The van der Waals surface area contributed by atoms with E-state index >= 15 is 0 Å². The fraction of sp³-hybridized carbons (Fsp3) is 0.467. The molecule has 1 saturated carbocycles. The van der Waals surface area contributed by atoms with Gasteiger partial charge in [-0.05, 0) is 30.4 Å². The van der Waals surface area contributed by atoms with Gasteiger partial charge >= 0.3 is 0 Å². The van der Waals surface area contributed by atoms with Crippen LogP contribution in [-0.4, -0.2) is 25.3 Å². The van der Waals surface area contributed by atoms with Crippen LogP contribution in [0.5, 0.6) is 0 Å². The van der Waals surface area contributed by atoms with Crippen molar-refractivity contribution < 1.29 is 8.42 Å². The van der Waals surface area contributed by atoms with Gasteiger partial charge in [-0.15, -0.1) is 0 Å². The molecule has 4 heteroatoms. The minimum absolute atomic E-state index is 0.216. The van der Waals surface area contributed by atoms with E-state index in [1.54, 1.807) is 10.4 Å². The van der Waals surface area contributed by atoms with E-state index in [-0.39, 0.29) is 6.04 Å². The van der Waals surface area contributed by atoms with Crippen LogP contribution < -0.4 is 0 Å². The third-order valence-corrected chi connectivity index (χ3v) is 4.64. The molecule has 0 unspecified atom stereocenters. The normalized spacial score (nSPS) is 16.6. The van der Waals surface area contributed by atoms with Crippen LogP contribution in [0.15, 0.2) is 35.7 Å². The summed E-state index contributed by atoms with van der Waals surface area (Å²) in [5.41, 5.74) is 0.909. The second-order valence-electron chi connectivity index (χ2n) is 5.45. The summed E-state index contributed by atoms with van der Waals surface area (Å²) in [4.78, 5) is 0. The molecule has 3 nitrogen and oxygen atoms in total. The van der Waals surface area contributed by atoms with E-state index in [4.69, 9.17) is 0 Å². The van der Waals surface area contributed by atoms with Crippen LogP contribution >= 0.6 is 0 Å². The lowest BCUT2D eigenvalue weighted by atomic mass is 10.2. The van der Waals surface area contributed by atoms with Gasteiger partial charge in [0.1, 0.15) is 0 Å². The first kappa shape index (κ1) is 14.3. The lowest BCUT2D eigenvalue weighted by Crippen LogP contribution is -2.34. The molecule has 1 aliphatic rings. The van der Waals surface area contributed by atoms with E-state index in [1.807, 2.05) is 44.2 Å². The van der Waals surface area contributed by atoms with Crippen LogP contribution in [0.25, 0.3) is 6.08 Å². The zero-order chi connectivity index (χ0) is 13.9. The van der Waals surface area contributed by atoms with Gasteiger partial charge in [-0.1, -0.05) is 44.2 Å². The molecule has 1 aliphatic carbocycles. The molecule has 0 N–H and O–H groups in total. The Balaban J connectivity index is 2.14. The maximum atomic E-state index is 12.4. The molecule has 1 aromatic rings. The molecule has 0 bridgehead atoms. The Morgan fingerprint density at radius 3 is 2.42 bits per heavy atom. The van der Waals surface area contributed by atoms with Gasteiger partial charge in [0, 0.05) is 18.0 Å². The van der Waals surface area contributed by atoms with Crippen molar-refractivity contribution >= 4 is 16.1 Å². The summed E-state index contributed by atoms with van der Waals surface area (Å²) < 4.78 is 26.4. The highest BCUT2D eigenvalue weighted by molar-refractivity contribution is 7.92. The van der Waals surface area contributed by atoms with Gasteiger partial charge in [-0.3, -0.25) is 0 Å². The number of nitrogens with zero attached hydrogens (tertiary/aromatic N) is 1. The van der Waals surface area contributed by atoms with Crippen molar-refractivity contribution in [1.29, 1.82) is 0 Å². The maximum absolute atomic E-state index is 12.4. The zero-order valence-electron chi connectivity index (χ0n) is 11.5. The van der Waals surface area contributed by atoms with Crippen LogP contribution in [0.4, 0.5) is 0 Å². The summed E-state index contributed by atoms with van der Waals surface area (Å²) in [6.45, 7) is 4.70. The Hall–Kier alpha value is -1.13. The summed E-state index contributed by atoms with van der Waals surface area (Å²) in [5.74, 6) is 0.348. The molecule has 0 aliphatic heterocycles. The van der Waals surface area contributed by atoms with E-state index in [0.717, 1.165) is 18.4 Å². The Labute approximate surface area is 116 Å². The molecule has 1 fully saturated rings. The van der Waals surface area contributed by atoms with Crippen molar-refractivity contribution in [2.45, 2.75) is 32.7 Å². The van der Waals surface area contributed by atoms with E-state index in [9.17, 15) is 8.42 Å². The molecule has 0 saturated heterocycles. The number of rotatable bonds is 6. The fourth-order valence-electron chi connectivity index (χ4n) is 1.99. The number of benzene rings is 1. The van der Waals surface area contributed by atoms with Gasteiger partial charge in [0.15, 0.2) is 0 Å². The smallest absolute Gasteiger partial charge is 0.207 e. The SMILES string of the molecule is CC(C)CN(C1CC1)S(=O)(=O)/C=C\c1ccccc1. The van der Waals surface area contributed by atoms with E-state index in [2.05, 4.69) is 0 Å². The van der Waals surface area contributed by atoms with Crippen LogP contribution in [0.2, 0.25) is 0 Å². The van der Waals surface area contributed by atoms with Crippen molar-refractivity contribution in [2.75, 3.05) is 6.54 Å². The third kappa shape index (κ3) is 4.18. The topological polar surface area (TPSA) is 37.4 Å². The lowest BCUT2D eigenvalue weighted by Gasteiger charge is -2.21. The maximum Gasteiger partial charge on any atom is 0.236 e. The predicted molar refractivity (Wildman–Crippen MR) is 79.0 cm³/mol. The van der Waals surface area contributed by atoms with E-state index in [0.29, 0.717) is 12.5 Å². The quantitative estimate of drug-likeness (QED) is 0.802. The Kier molecular flexibility index (Phi) is 4.42. The highest BCUT2D eigenvalue weighted by atomic mass is 32.2. The molecule has 1 aromatic carbocycles. The average molecular weight is 279 g/mol. The molecular weight excluding hydrogens is 258 g/mol. The first-order chi connectivity index (χ1) is 8.99. The monoisotopic (exact) mass is 279 g/mol. The molecule has 0 radical (unpaired) electrons. The first-order valence-corrected chi connectivity index (χ1v) is 8.24. The van der Waals surface area contributed by atoms with Gasteiger partial charge in [0.2, 0.25) is 10.0 Å². The van der Waals surface area contributed by atoms with Crippen molar-refractivity contribution in [3.63, 3.8) is 0 Å². The molecular formula is C15H21NO2S. The number of hydrogen-bond acceptors (Lipinski definition) is 2. The largest absolute Gasteiger partial charge is 0.236 e. The Morgan fingerprint density at radius 2 is 1.89 bits per heavy atom. The molecule has 0 amide bonds. The second kappa shape index (κ2) is 5.88. The average Bonchev–Trinajstić information content (AvgIpc) is 3.19. The minimum Gasteiger partial charge on any atom is -0.207 e. The van der Waals surface area contributed by atoms with Crippen LogP contribution in [0, 0.1) is 5.92 Å². The molecule has 19 heavy (non-hydrogen) atoms. The number of sulfonamides is 1.